The van der Waals surface area contributed by atoms with Crippen molar-refractivity contribution in [1.29, 1.82) is 0 Å². The van der Waals surface area contributed by atoms with Crippen LogP contribution >= 0.6 is 0 Å². The van der Waals surface area contributed by atoms with Gasteiger partial charge in [-0.2, -0.15) is 4.99 Å². The largest absolute Gasteiger partial charge is 0.358 e. The van der Waals surface area contributed by atoms with Gasteiger partial charge in [0.1, 0.15) is 6.67 Å². The second-order valence-electron chi connectivity index (χ2n) is 6.36. The van der Waals surface area contributed by atoms with Crippen LogP contribution in [0.4, 0.5) is 4.79 Å². The van der Waals surface area contributed by atoms with E-state index in [9.17, 15) is 9.59 Å². The van der Waals surface area contributed by atoms with E-state index in [2.05, 4.69) is 47.3 Å². The SMILES string of the molecule is Cc1ccc2[nH]c(C3CCN(C(=O)NCN=C=O)CC3)c(C)c2c1. The number of isocyanates is 1. The van der Waals surface area contributed by atoms with E-state index in [4.69, 9.17) is 0 Å². The average molecular weight is 326 g/mol. The number of benzene rings is 1. The van der Waals surface area contributed by atoms with E-state index >= 15 is 0 Å². The minimum atomic E-state index is -0.170. The molecule has 0 aliphatic carbocycles. The highest BCUT2D eigenvalue weighted by molar-refractivity contribution is 5.85. The van der Waals surface area contributed by atoms with E-state index < -0.39 is 0 Å². The number of aliphatic imine (C=N–C) groups is 1. The maximum absolute atomic E-state index is 12.0. The lowest BCUT2D eigenvalue weighted by Gasteiger charge is -2.31. The molecule has 1 aromatic heterocycles. The molecule has 1 aliphatic rings. The molecule has 24 heavy (non-hydrogen) atoms. The molecule has 126 valence electrons. The van der Waals surface area contributed by atoms with E-state index in [0.29, 0.717) is 19.0 Å². The van der Waals surface area contributed by atoms with Gasteiger partial charge in [-0.05, 0) is 44.4 Å². The lowest BCUT2D eigenvalue weighted by atomic mass is 9.91. The standard InChI is InChI=1S/C18H22N4O2/c1-12-3-4-16-15(9-12)13(2)17(21-16)14-5-7-22(8-6-14)18(24)20-10-19-11-23/h3-4,9,14,21H,5-8,10H2,1-2H3,(H,20,24). The highest BCUT2D eigenvalue weighted by Gasteiger charge is 2.26. The van der Waals surface area contributed by atoms with E-state index in [-0.39, 0.29) is 12.7 Å². The van der Waals surface area contributed by atoms with Gasteiger partial charge in [-0.1, -0.05) is 11.6 Å². The minimum absolute atomic E-state index is 0.0112. The Morgan fingerprint density at radius 3 is 2.83 bits per heavy atom. The topological polar surface area (TPSA) is 77.6 Å². The van der Waals surface area contributed by atoms with Crippen molar-refractivity contribution in [3.8, 4) is 0 Å². The summed E-state index contributed by atoms with van der Waals surface area (Å²) in [5.74, 6) is 0.440. The first-order valence-electron chi connectivity index (χ1n) is 8.25. The molecule has 1 aliphatic heterocycles. The molecule has 6 heteroatoms. The van der Waals surface area contributed by atoms with Crippen LogP contribution in [0.5, 0.6) is 0 Å². The molecule has 2 heterocycles. The summed E-state index contributed by atoms with van der Waals surface area (Å²) in [7, 11) is 0. The Morgan fingerprint density at radius 2 is 2.12 bits per heavy atom. The Bertz CT molecular complexity index is 797. The first-order chi connectivity index (χ1) is 11.6. The normalized spacial score (nSPS) is 15.3. The summed E-state index contributed by atoms with van der Waals surface area (Å²) in [4.78, 5) is 30.7. The number of piperidine rings is 1. The quantitative estimate of drug-likeness (QED) is 0.672. The summed E-state index contributed by atoms with van der Waals surface area (Å²) in [5.41, 5.74) is 5.05. The van der Waals surface area contributed by atoms with Crippen LogP contribution in [0, 0.1) is 13.8 Å². The molecule has 2 aromatic rings. The number of H-pyrrole nitrogens is 1. The van der Waals surface area contributed by atoms with Crippen molar-refractivity contribution >= 4 is 23.0 Å². The molecule has 1 saturated heterocycles. The van der Waals surface area contributed by atoms with Gasteiger partial charge in [-0.3, -0.25) is 0 Å². The van der Waals surface area contributed by atoms with Gasteiger partial charge in [0.15, 0.2) is 0 Å². The van der Waals surface area contributed by atoms with Gasteiger partial charge < -0.3 is 15.2 Å². The number of carbonyl (C=O) groups is 1. The molecule has 2 N–H and O–H groups in total. The summed E-state index contributed by atoms with van der Waals surface area (Å²) >= 11 is 0. The van der Waals surface area contributed by atoms with Gasteiger partial charge in [0.25, 0.3) is 0 Å². The molecule has 0 saturated carbocycles. The van der Waals surface area contributed by atoms with Gasteiger partial charge in [-0.25, -0.2) is 9.59 Å². The zero-order valence-corrected chi connectivity index (χ0v) is 14.1. The van der Waals surface area contributed by atoms with Crippen LogP contribution in [0.25, 0.3) is 10.9 Å². The second kappa shape index (κ2) is 6.89. The Kier molecular flexibility index (Phi) is 4.67. The van der Waals surface area contributed by atoms with Gasteiger partial charge in [-0.15, -0.1) is 0 Å². The van der Waals surface area contributed by atoms with Crippen molar-refractivity contribution in [3.05, 3.63) is 35.0 Å². The number of nitrogens with zero attached hydrogens (tertiary/aromatic N) is 2. The molecule has 0 bridgehead atoms. The zero-order valence-electron chi connectivity index (χ0n) is 14.1. The first-order valence-corrected chi connectivity index (χ1v) is 8.25. The van der Waals surface area contributed by atoms with Gasteiger partial charge in [0.05, 0.1) is 0 Å². The molecule has 0 unspecified atom stereocenters. The molecule has 1 fully saturated rings. The average Bonchev–Trinajstić information content (AvgIpc) is 2.92. The third-order valence-corrected chi connectivity index (χ3v) is 4.82. The highest BCUT2D eigenvalue weighted by atomic mass is 16.2. The van der Waals surface area contributed by atoms with E-state index in [1.807, 2.05) is 0 Å². The number of amides is 2. The minimum Gasteiger partial charge on any atom is -0.358 e. The number of carbonyl (C=O) groups excluding carboxylic acids is 2. The maximum Gasteiger partial charge on any atom is 0.318 e. The van der Waals surface area contributed by atoms with Crippen LogP contribution in [-0.4, -0.2) is 41.8 Å². The lowest BCUT2D eigenvalue weighted by molar-refractivity contribution is 0.181. The molecule has 1 aromatic carbocycles. The van der Waals surface area contributed by atoms with Crippen LogP contribution in [0.3, 0.4) is 0 Å². The summed E-state index contributed by atoms with van der Waals surface area (Å²) in [6.45, 7) is 5.68. The van der Waals surface area contributed by atoms with Crippen molar-refractivity contribution in [2.24, 2.45) is 4.99 Å². The number of urea groups is 1. The Labute approximate surface area is 140 Å². The summed E-state index contributed by atoms with van der Waals surface area (Å²) in [5, 5.41) is 3.89. The molecular weight excluding hydrogens is 304 g/mol. The molecule has 0 radical (unpaired) electrons. The van der Waals surface area contributed by atoms with Crippen molar-refractivity contribution < 1.29 is 9.59 Å². The molecule has 3 rings (SSSR count). The smallest absolute Gasteiger partial charge is 0.318 e. The molecule has 6 nitrogen and oxygen atoms in total. The lowest BCUT2D eigenvalue weighted by Crippen LogP contribution is -2.44. The Morgan fingerprint density at radius 1 is 1.38 bits per heavy atom. The van der Waals surface area contributed by atoms with Crippen LogP contribution in [-0.2, 0) is 4.79 Å². The number of rotatable bonds is 3. The number of aromatic amines is 1. The van der Waals surface area contributed by atoms with E-state index in [1.54, 1.807) is 4.90 Å². The number of likely N-dealkylation sites (tertiary alicyclic amines) is 1. The summed E-state index contributed by atoms with van der Waals surface area (Å²) in [6.07, 6.45) is 3.27. The third-order valence-electron chi connectivity index (χ3n) is 4.82. The van der Waals surface area contributed by atoms with Crippen LogP contribution in [0.1, 0.15) is 35.6 Å². The Balaban J connectivity index is 1.67. The zero-order chi connectivity index (χ0) is 17.1. The van der Waals surface area contributed by atoms with Crippen molar-refractivity contribution in [3.63, 3.8) is 0 Å². The van der Waals surface area contributed by atoms with Gasteiger partial charge in [0, 0.05) is 35.6 Å². The molecular formula is C18H22N4O2. The summed E-state index contributed by atoms with van der Waals surface area (Å²) in [6, 6.07) is 6.31. The number of fused-ring (bicyclic) bond motifs is 1. The molecule has 0 atom stereocenters. The van der Waals surface area contributed by atoms with Crippen molar-refractivity contribution in [2.45, 2.75) is 32.6 Å². The predicted molar refractivity (Wildman–Crippen MR) is 92.8 cm³/mol. The van der Waals surface area contributed by atoms with Gasteiger partial charge in [0.2, 0.25) is 6.08 Å². The fourth-order valence-corrected chi connectivity index (χ4v) is 3.49. The second-order valence-corrected chi connectivity index (χ2v) is 6.36. The number of nitrogens with one attached hydrogen (secondary N) is 2. The summed E-state index contributed by atoms with van der Waals surface area (Å²) < 4.78 is 0. The fraction of sp³-hybridized carbons (Fsp3) is 0.444. The number of aryl methyl sites for hydroxylation is 2. The number of hydrogen-bond donors (Lipinski definition) is 2. The van der Waals surface area contributed by atoms with Crippen LogP contribution in [0.2, 0.25) is 0 Å². The number of hydrogen-bond acceptors (Lipinski definition) is 3. The maximum atomic E-state index is 12.0. The number of aromatic nitrogens is 1. The predicted octanol–water partition coefficient (Wildman–Crippen LogP) is 2.97. The third kappa shape index (κ3) is 3.19. The van der Waals surface area contributed by atoms with Gasteiger partial charge >= 0.3 is 6.03 Å². The first kappa shape index (κ1) is 16.3. The monoisotopic (exact) mass is 326 g/mol. The van der Waals surface area contributed by atoms with Crippen LogP contribution < -0.4 is 5.32 Å². The Hall–Kier alpha value is -2.59. The van der Waals surface area contributed by atoms with E-state index in [1.165, 1.54) is 33.8 Å². The van der Waals surface area contributed by atoms with Crippen molar-refractivity contribution in [1.82, 2.24) is 15.2 Å². The van der Waals surface area contributed by atoms with Crippen molar-refractivity contribution in [2.75, 3.05) is 19.8 Å². The van der Waals surface area contributed by atoms with E-state index in [0.717, 1.165) is 12.8 Å². The molecule has 2 amide bonds. The highest BCUT2D eigenvalue weighted by Crippen LogP contribution is 2.33. The fourth-order valence-electron chi connectivity index (χ4n) is 3.49. The molecule has 0 spiro atoms. The van der Waals surface area contributed by atoms with Crippen LogP contribution in [0.15, 0.2) is 23.2 Å².